The highest BCUT2D eigenvalue weighted by atomic mass is 16.5. The van der Waals surface area contributed by atoms with Crippen molar-refractivity contribution >= 4 is 5.91 Å². The van der Waals surface area contributed by atoms with Gasteiger partial charge in [0.25, 0.3) is 0 Å². The molecule has 1 fully saturated rings. The lowest BCUT2D eigenvalue weighted by Gasteiger charge is -2.32. The van der Waals surface area contributed by atoms with Gasteiger partial charge < -0.3 is 15.2 Å². The predicted molar refractivity (Wildman–Crippen MR) is 93.8 cm³/mol. The fourth-order valence-electron chi connectivity index (χ4n) is 2.29. The van der Waals surface area contributed by atoms with Crippen LogP contribution in [0.1, 0.15) is 58.1 Å². The molecule has 0 saturated carbocycles. The number of fused-ring (bicyclic) bond motifs is 1. The lowest BCUT2D eigenvalue weighted by atomic mass is 9.93. The van der Waals surface area contributed by atoms with Crippen molar-refractivity contribution in [2.24, 2.45) is 0 Å². The molecule has 1 amide bonds. The Labute approximate surface area is 144 Å². The molecule has 0 bridgehead atoms. The molecule has 1 saturated heterocycles. The quantitative estimate of drug-likeness (QED) is 0.765. The standard InChI is InChI=1S/C12H13NO.C4H7NO.C3H8O/c1-12(2)6-5-10-7-9(8-13)3-4-11(10)14-12;6-4-2-1-3-5-4;1-3(2)4/h3-4,7H,5-6H2,1-2H3;1-3H2,(H,5,6);3-4H,1-2H3. The second-order valence-corrected chi connectivity index (χ2v) is 6.84. The molecule has 24 heavy (non-hydrogen) atoms. The number of aliphatic hydroxyl groups excluding tert-OH is 1. The highest BCUT2D eigenvalue weighted by molar-refractivity contribution is 5.77. The number of aliphatic hydroxyl groups is 1. The molecule has 2 aliphatic heterocycles. The third kappa shape index (κ3) is 7.47. The Morgan fingerprint density at radius 3 is 2.46 bits per heavy atom. The molecular weight excluding hydrogens is 304 g/mol. The molecule has 0 aromatic heterocycles. The monoisotopic (exact) mass is 332 g/mol. The van der Waals surface area contributed by atoms with E-state index in [1.807, 2.05) is 12.1 Å². The van der Waals surface area contributed by atoms with E-state index in [0.717, 1.165) is 43.5 Å². The third-order valence-corrected chi connectivity index (χ3v) is 3.48. The molecular formula is C19H28N2O3. The minimum absolute atomic E-state index is 0.0683. The minimum Gasteiger partial charge on any atom is -0.488 e. The topological polar surface area (TPSA) is 82.3 Å². The van der Waals surface area contributed by atoms with E-state index in [4.69, 9.17) is 15.1 Å². The first kappa shape index (κ1) is 20.0. The van der Waals surface area contributed by atoms with E-state index in [9.17, 15) is 4.79 Å². The number of nitriles is 1. The summed E-state index contributed by atoms with van der Waals surface area (Å²) in [4.78, 5) is 10.1. The van der Waals surface area contributed by atoms with E-state index < -0.39 is 0 Å². The van der Waals surface area contributed by atoms with Crippen LogP contribution in [0.4, 0.5) is 0 Å². The van der Waals surface area contributed by atoms with Gasteiger partial charge in [-0.05, 0) is 70.7 Å². The van der Waals surface area contributed by atoms with Gasteiger partial charge in [0.1, 0.15) is 11.4 Å². The largest absolute Gasteiger partial charge is 0.488 e. The number of hydrogen-bond donors (Lipinski definition) is 2. The van der Waals surface area contributed by atoms with Gasteiger partial charge in [-0.25, -0.2) is 0 Å². The van der Waals surface area contributed by atoms with Crippen molar-refractivity contribution in [1.82, 2.24) is 5.32 Å². The Morgan fingerprint density at radius 2 is 2.00 bits per heavy atom. The first-order chi connectivity index (χ1) is 11.2. The van der Waals surface area contributed by atoms with Gasteiger partial charge >= 0.3 is 0 Å². The number of aryl methyl sites for hydroxylation is 1. The molecule has 0 unspecified atom stereocenters. The van der Waals surface area contributed by atoms with E-state index in [1.54, 1.807) is 19.9 Å². The second kappa shape index (κ2) is 9.29. The summed E-state index contributed by atoms with van der Waals surface area (Å²) in [6, 6.07) is 7.77. The Morgan fingerprint density at radius 1 is 1.33 bits per heavy atom. The number of carbonyl (C=O) groups is 1. The van der Waals surface area contributed by atoms with Crippen LogP contribution in [0, 0.1) is 11.3 Å². The summed E-state index contributed by atoms with van der Waals surface area (Å²) in [5, 5.41) is 19.5. The number of nitrogens with one attached hydrogen (secondary N) is 1. The summed E-state index contributed by atoms with van der Waals surface area (Å²) in [6.07, 6.45) is 3.60. The summed E-state index contributed by atoms with van der Waals surface area (Å²) >= 11 is 0. The maximum absolute atomic E-state index is 10.1. The Kier molecular flexibility index (Phi) is 7.73. The number of benzene rings is 1. The van der Waals surface area contributed by atoms with Gasteiger partial charge in [-0.1, -0.05) is 0 Å². The molecule has 3 rings (SSSR count). The van der Waals surface area contributed by atoms with Crippen LogP contribution in [-0.4, -0.2) is 29.3 Å². The fraction of sp³-hybridized carbons (Fsp3) is 0.579. The molecule has 1 aromatic rings. The molecule has 0 aliphatic carbocycles. The van der Waals surface area contributed by atoms with Crippen LogP contribution in [0.2, 0.25) is 0 Å². The first-order valence-electron chi connectivity index (χ1n) is 8.40. The third-order valence-electron chi connectivity index (χ3n) is 3.48. The summed E-state index contributed by atoms with van der Waals surface area (Å²) < 4.78 is 5.81. The molecule has 5 nitrogen and oxygen atoms in total. The van der Waals surface area contributed by atoms with Gasteiger partial charge in [-0.3, -0.25) is 4.79 Å². The smallest absolute Gasteiger partial charge is 0.220 e. The average Bonchev–Trinajstić information content (AvgIpc) is 2.97. The number of hydrogen-bond acceptors (Lipinski definition) is 4. The summed E-state index contributed by atoms with van der Waals surface area (Å²) in [7, 11) is 0. The van der Waals surface area contributed by atoms with Crippen LogP contribution in [-0.2, 0) is 11.2 Å². The minimum atomic E-state index is -0.167. The number of ether oxygens (including phenoxy) is 1. The van der Waals surface area contributed by atoms with Crippen LogP contribution in [0.3, 0.4) is 0 Å². The molecule has 2 aliphatic rings. The second-order valence-electron chi connectivity index (χ2n) is 6.84. The zero-order valence-corrected chi connectivity index (χ0v) is 15.1. The van der Waals surface area contributed by atoms with Gasteiger partial charge in [-0.15, -0.1) is 0 Å². The van der Waals surface area contributed by atoms with Crippen LogP contribution in [0.5, 0.6) is 5.75 Å². The van der Waals surface area contributed by atoms with E-state index in [2.05, 4.69) is 25.2 Å². The molecule has 1 aromatic carbocycles. The van der Waals surface area contributed by atoms with Crippen LogP contribution >= 0.6 is 0 Å². The molecule has 0 radical (unpaired) electrons. The van der Waals surface area contributed by atoms with Crippen molar-refractivity contribution in [2.45, 2.75) is 65.1 Å². The average molecular weight is 332 g/mol. The highest BCUT2D eigenvalue weighted by Gasteiger charge is 2.26. The van der Waals surface area contributed by atoms with Crippen molar-refractivity contribution in [2.75, 3.05) is 6.54 Å². The molecule has 2 N–H and O–H groups in total. The fourth-order valence-corrected chi connectivity index (χ4v) is 2.29. The number of rotatable bonds is 0. The van der Waals surface area contributed by atoms with Gasteiger partial charge in [0.05, 0.1) is 11.6 Å². The highest BCUT2D eigenvalue weighted by Crippen LogP contribution is 2.33. The van der Waals surface area contributed by atoms with Crippen LogP contribution in [0.15, 0.2) is 18.2 Å². The number of carbonyl (C=O) groups excluding carboxylic acids is 1. The summed E-state index contributed by atoms with van der Waals surface area (Å²) in [5.41, 5.74) is 1.80. The zero-order chi connectivity index (χ0) is 18.2. The van der Waals surface area contributed by atoms with Crippen molar-refractivity contribution in [3.05, 3.63) is 29.3 Å². The number of nitrogens with zero attached hydrogens (tertiary/aromatic N) is 1. The zero-order valence-electron chi connectivity index (χ0n) is 15.1. The molecule has 132 valence electrons. The lowest BCUT2D eigenvalue weighted by Crippen LogP contribution is -2.32. The Hall–Kier alpha value is -2.06. The van der Waals surface area contributed by atoms with Crippen molar-refractivity contribution in [3.8, 4) is 11.8 Å². The van der Waals surface area contributed by atoms with E-state index in [-0.39, 0.29) is 17.6 Å². The van der Waals surface area contributed by atoms with Gasteiger partial charge in [0.15, 0.2) is 0 Å². The first-order valence-corrected chi connectivity index (χ1v) is 8.40. The van der Waals surface area contributed by atoms with E-state index in [0.29, 0.717) is 5.56 Å². The molecule has 0 spiro atoms. The number of amides is 1. The van der Waals surface area contributed by atoms with Gasteiger partial charge in [-0.2, -0.15) is 5.26 Å². The predicted octanol–water partition coefficient (Wildman–Crippen LogP) is 2.95. The molecule has 2 heterocycles. The van der Waals surface area contributed by atoms with Crippen LogP contribution < -0.4 is 10.1 Å². The van der Waals surface area contributed by atoms with Gasteiger partial charge in [0, 0.05) is 19.1 Å². The van der Waals surface area contributed by atoms with Crippen molar-refractivity contribution in [3.63, 3.8) is 0 Å². The maximum Gasteiger partial charge on any atom is 0.220 e. The normalized spacial score (nSPS) is 17.1. The Balaban J connectivity index is 0.000000238. The summed E-state index contributed by atoms with van der Waals surface area (Å²) in [5.74, 6) is 1.13. The van der Waals surface area contributed by atoms with E-state index >= 15 is 0 Å². The summed E-state index contributed by atoms with van der Waals surface area (Å²) in [6.45, 7) is 8.52. The van der Waals surface area contributed by atoms with E-state index in [1.165, 1.54) is 0 Å². The van der Waals surface area contributed by atoms with Crippen LogP contribution in [0.25, 0.3) is 0 Å². The van der Waals surface area contributed by atoms with Gasteiger partial charge in [0.2, 0.25) is 5.91 Å². The SMILES string of the molecule is CC(C)O.CC1(C)CCc2cc(C#N)ccc2O1.O=C1CCCN1. The lowest BCUT2D eigenvalue weighted by molar-refractivity contribution is -0.119. The Bertz CT molecular complexity index is 578. The van der Waals surface area contributed by atoms with Crippen molar-refractivity contribution in [1.29, 1.82) is 5.26 Å². The molecule has 0 atom stereocenters. The van der Waals surface area contributed by atoms with Crippen molar-refractivity contribution < 1.29 is 14.6 Å². The molecule has 5 heteroatoms. The maximum atomic E-state index is 10.1.